The molecule has 1 saturated heterocycles. The molecule has 14 heteroatoms. The Kier molecular flexibility index (Phi) is 12.0. The Morgan fingerprint density at radius 3 is 2.30 bits per heavy atom. The predicted molar refractivity (Wildman–Crippen MR) is 179 cm³/mol. The molecule has 2 aliphatic carbocycles. The zero-order valence-electron chi connectivity index (χ0n) is 28.2. The van der Waals surface area contributed by atoms with Gasteiger partial charge in [0.1, 0.15) is 17.9 Å². The number of anilines is 1. The molecule has 0 spiro atoms. The Hall–Kier alpha value is -4.64. The fourth-order valence-electron chi connectivity index (χ4n) is 6.63. The van der Waals surface area contributed by atoms with Crippen LogP contribution >= 0.6 is 0 Å². The van der Waals surface area contributed by atoms with Gasteiger partial charge in [0.2, 0.25) is 11.8 Å². The first kappa shape index (κ1) is 36.6. The first-order valence-corrected chi connectivity index (χ1v) is 17.3. The highest BCUT2D eigenvalue weighted by Crippen LogP contribution is 2.32. The maximum Gasteiger partial charge on any atom is 0.349 e. The van der Waals surface area contributed by atoms with Gasteiger partial charge in [0.05, 0.1) is 17.3 Å². The van der Waals surface area contributed by atoms with Crippen molar-refractivity contribution in [1.82, 2.24) is 25.8 Å². The lowest BCUT2D eigenvalue weighted by Gasteiger charge is -2.35. The summed E-state index contributed by atoms with van der Waals surface area (Å²) < 4.78 is 46.1. The van der Waals surface area contributed by atoms with E-state index in [0.29, 0.717) is 44.6 Å². The molecule has 3 aliphatic rings. The Bertz CT molecular complexity index is 1600. The van der Waals surface area contributed by atoms with Gasteiger partial charge in [-0.2, -0.15) is 14.0 Å². The van der Waals surface area contributed by atoms with Crippen molar-refractivity contribution >= 4 is 29.4 Å². The Labute approximate surface area is 289 Å². The van der Waals surface area contributed by atoms with E-state index in [4.69, 9.17) is 5.26 Å². The Morgan fingerprint density at radius 1 is 0.940 bits per heavy atom. The maximum atomic E-state index is 15.5. The number of carbonyl (C=O) groups excluding carboxylic acids is 4. The van der Waals surface area contributed by atoms with E-state index in [9.17, 15) is 19.2 Å². The van der Waals surface area contributed by atoms with Crippen molar-refractivity contribution in [2.75, 3.05) is 38.5 Å². The van der Waals surface area contributed by atoms with Crippen LogP contribution in [0.4, 0.5) is 23.7 Å². The molecule has 0 bridgehead atoms. The zero-order chi connectivity index (χ0) is 35.8. The standard InChI is InChI=1S/C36H44F3N7O4/c1-45-15-17-46(18-16-45)33(48)30(43-35(50)41-27-11-6-12-27)21-23-13-14-29(28(37)20-23)42-32(47)31(25-8-3-2-4-9-25)44-34(49)36(38,39)26-10-5-7-24(19-26)22-40/h5,7,10,13-14,19-20,25,27,30-31H,2-4,6,8-9,11-12,15-18,21H2,1H3,(H,42,47)(H,44,49)(H2,41,43,50)/t30-,31+/m1/s1. The number of rotatable bonds is 11. The number of likely N-dealkylation sites (N-methyl/N-ethyl adjacent to an activating group) is 1. The van der Waals surface area contributed by atoms with Crippen LogP contribution in [0, 0.1) is 23.1 Å². The number of nitrogens with zero attached hydrogens (tertiary/aromatic N) is 3. The third-order valence-corrected chi connectivity index (χ3v) is 9.92. The predicted octanol–water partition coefficient (Wildman–Crippen LogP) is 4.03. The number of nitrogens with one attached hydrogen (secondary N) is 4. The minimum Gasteiger partial charge on any atom is -0.338 e. The highest BCUT2D eigenvalue weighted by molar-refractivity contribution is 5.98. The summed E-state index contributed by atoms with van der Waals surface area (Å²) in [6.07, 6.45) is 6.18. The molecule has 0 aromatic heterocycles. The number of carbonyl (C=O) groups is 4. The fraction of sp³-hybridized carbons (Fsp3) is 0.528. The average molecular weight is 696 g/mol. The van der Waals surface area contributed by atoms with Crippen molar-refractivity contribution in [2.24, 2.45) is 5.92 Å². The number of hydrogen-bond donors (Lipinski definition) is 4. The topological polar surface area (TPSA) is 147 Å². The van der Waals surface area contributed by atoms with Crippen LogP contribution in [0.25, 0.3) is 0 Å². The molecule has 4 N–H and O–H groups in total. The van der Waals surface area contributed by atoms with Crippen LogP contribution in [0.2, 0.25) is 0 Å². The molecule has 0 unspecified atom stereocenters. The van der Waals surface area contributed by atoms with Gasteiger partial charge in [-0.15, -0.1) is 0 Å². The fourth-order valence-corrected chi connectivity index (χ4v) is 6.63. The summed E-state index contributed by atoms with van der Waals surface area (Å²) in [5.74, 6) is -8.12. The van der Waals surface area contributed by atoms with E-state index in [1.54, 1.807) is 11.0 Å². The van der Waals surface area contributed by atoms with Gasteiger partial charge in [-0.1, -0.05) is 37.5 Å². The van der Waals surface area contributed by atoms with Crippen molar-refractivity contribution in [3.63, 3.8) is 0 Å². The smallest absolute Gasteiger partial charge is 0.338 e. The van der Waals surface area contributed by atoms with E-state index in [1.165, 1.54) is 24.3 Å². The number of benzene rings is 2. The molecule has 2 aromatic carbocycles. The summed E-state index contributed by atoms with van der Waals surface area (Å²) in [5, 5.41) is 19.5. The first-order chi connectivity index (χ1) is 23.9. The third kappa shape index (κ3) is 9.12. The number of piperazine rings is 1. The average Bonchev–Trinajstić information content (AvgIpc) is 3.09. The molecule has 1 heterocycles. The molecule has 50 heavy (non-hydrogen) atoms. The zero-order valence-corrected chi connectivity index (χ0v) is 28.2. The second-order valence-corrected chi connectivity index (χ2v) is 13.6. The van der Waals surface area contributed by atoms with Crippen LogP contribution in [0.3, 0.4) is 0 Å². The molecule has 0 radical (unpaired) electrons. The van der Waals surface area contributed by atoms with Crippen LogP contribution in [0.1, 0.15) is 68.1 Å². The molecule has 268 valence electrons. The van der Waals surface area contributed by atoms with Crippen LogP contribution in [0.15, 0.2) is 42.5 Å². The van der Waals surface area contributed by atoms with Gasteiger partial charge in [0.15, 0.2) is 0 Å². The minimum atomic E-state index is -4.03. The molecular formula is C36H44F3N7O4. The van der Waals surface area contributed by atoms with Gasteiger partial charge in [-0.25, -0.2) is 9.18 Å². The number of hydrogen-bond acceptors (Lipinski definition) is 6. The quantitative estimate of drug-likeness (QED) is 0.279. The van der Waals surface area contributed by atoms with Gasteiger partial charge in [0, 0.05) is 44.2 Å². The summed E-state index contributed by atoms with van der Waals surface area (Å²) in [6, 6.07) is 7.58. The second-order valence-electron chi connectivity index (χ2n) is 13.6. The highest BCUT2D eigenvalue weighted by atomic mass is 19.3. The van der Waals surface area contributed by atoms with E-state index >= 15 is 13.2 Å². The highest BCUT2D eigenvalue weighted by Gasteiger charge is 2.44. The molecule has 1 aliphatic heterocycles. The van der Waals surface area contributed by atoms with E-state index in [1.807, 2.05) is 7.05 Å². The number of urea groups is 1. The Morgan fingerprint density at radius 2 is 1.66 bits per heavy atom. The second kappa shape index (κ2) is 16.4. The van der Waals surface area contributed by atoms with E-state index in [-0.39, 0.29) is 29.6 Å². The van der Waals surface area contributed by atoms with Crippen molar-refractivity contribution < 1.29 is 32.3 Å². The SMILES string of the molecule is CN1CCN(C(=O)[C@@H](Cc2ccc(NC(=O)[C@@H](NC(=O)C(F)(F)c3cccc(C#N)c3)C3CCCCC3)c(F)c2)NC(=O)NC2CCC2)CC1. The summed E-state index contributed by atoms with van der Waals surface area (Å²) in [4.78, 5) is 56.6. The largest absolute Gasteiger partial charge is 0.349 e. The summed E-state index contributed by atoms with van der Waals surface area (Å²) in [7, 11) is 1.96. The maximum absolute atomic E-state index is 15.5. The summed E-state index contributed by atoms with van der Waals surface area (Å²) >= 11 is 0. The van der Waals surface area contributed by atoms with Crippen molar-refractivity contribution in [2.45, 2.75) is 81.8 Å². The Balaban J connectivity index is 1.29. The van der Waals surface area contributed by atoms with Gasteiger partial charge < -0.3 is 31.1 Å². The molecule has 5 amide bonds. The van der Waals surface area contributed by atoms with Crippen LogP contribution in [-0.4, -0.2) is 84.9 Å². The molecule has 2 atom stereocenters. The number of nitriles is 1. The van der Waals surface area contributed by atoms with Gasteiger partial charge in [0.25, 0.3) is 5.91 Å². The molecule has 3 fully saturated rings. The molecular weight excluding hydrogens is 651 g/mol. The van der Waals surface area contributed by atoms with Crippen molar-refractivity contribution in [3.05, 3.63) is 65.0 Å². The van der Waals surface area contributed by atoms with Crippen LogP contribution in [-0.2, 0) is 26.7 Å². The van der Waals surface area contributed by atoms with Crippen molar-refractivity contribution in [3.8, 4) is 6.07 Å². The summed E-state index contributed by atoms with van der Waals surface area (Å²) in [5.41, 5.74) is -0.552. The monoisotopic (exact) mass is 695 g/mol. The van der Waals surface area contributed by atoms with E-state index in [0.717, 1.165) is 56.7 Å². The van der Waals surface area contributed by atoms with Crippen LogP contribution in [0.5, 0.6) is 0 Å². The van der Waals surface area contributed by atoms with Crippen molar-refractivity contribution in [1.29, 1.82) is 5.26 Å². The van der Waals surface area contributed by atoms with Gasteiger partial charge in [-0.05, 0) is 74.9 Å². The van der Waals surface area contributed by atoms with E-state index < -0.39 is 53.2 Å². The lowest BCUT2D eigenvalue weighted by molar-refractivity contribution is -0.149. The summed E-state index contributed by atoms with van der Waals surface area (Å²) in [6.45, 7) is 2.36. The molecule has 5 rings (SSSR count). The number of halogens is 3. The lowest BCUT2D eigenvalue weighted by atomic mass is 9.83. The van der Waals surface area contributed by atoms with Gasteiger partial charge >= 0.3 is 12.0 Å². The molecule has 11 nitrogen and oxygen atoms in total. The normalized spacial score (nSPS) is 18.6. The lowest BCUT2D eigenvalue weighted by Crippen LogP contribution is -2.57. The minimum absolute atomic E-state index is 0.00273. The first-order valence-electron chi connectivity index (χ1n) is 17.3. The molecule has 2 aromatic rings. The number of amides is 5. The molecule has 2 saturated carbocycles. The van der Waals surface area contributed by atoms with Gasteiger partial charge in [-0.3, -0.25) is 14.4 Å². The van der Waals surface area contributed by atoms with Crippen LogP contribution < -0.4 is 21.3 Å². The van der Waals surface area contributed by atoms with E-state index in [2.05, 4.69) is 26.2 Å². The number of alkyl halides is 2. The third-order valence-electron chi connectivity index (χ3n) is 9.92.